The van der Waals surface area contributed by atoms with Crippen LogP contribution in [0.1, 0.15) is 29.2 Å². The van der Waals surface area contributed by atoms with Gasteiger partial charge in [0.25, 0.3) is 0 Å². The monoisotopic (exact) mass is 478 g/mol. The number of aliphatic imine (C=N–C) groups is 1. The average Bonchev–Trinajstić information content (AvgIpc) is 2.91. The summed E-state index contributed by atoms with van der Waals surface area (Å²) in [5.74, 6) is -0.669. The molecule has 1 amide bonds. The predicted molar refractivity (Wildman–Crippen MR) is 140 cm³/mol. The number of nitrogens with one attached hydrogen (secondary N) is 1. The molecule has 0 saturated carbocycles. The van der Waals surface area contributed by atoms with E-state index in [1.54, 1.807) is 19.1 Å². The molecule has 0 aliphatic carbocycles. The van der Waals surface area contributed by atoms with Crippen LogP contribution in [0.2, 0.25) is 0 Å². The Morgan fingerprint density at radius 3 is 2.08 bits per heavy atom. The molecule has 0 aromatic heterocycles. The van der Waals surface area contributed by atoms with Gasteiger partial charge in [0.2, 0.25) is 5.91 Å². The predicted octanol–water partition coefficient (Wildman–Crippen LogP) is 5.97. The third kappa shape index (κ3) is 5.11. The fourth-order valence-corrected chi connectivity index (χ4v) is 4.48. The molecule has 5 heteroatoms. The lowest BCUT2D eigenvalue weighted by Gasteiger charge is -2.38. The van der Waals surface area contributed by atoms with Crippen molar-refractivity contribution < 1.29 is 13.9 Å². The molecule has 0 unspecified atom stereocenters. The summed E-state index contributed by atoms with van der Waals surface area (Å²) in [7, 11) is 0. The van der Waals surface area contributed by atoms with Gasteiger partial charge in [0.1, 0.15) is 11.9 Å². The Balaban J connectivity index is 1.45. The lowest BCUT2D eigenvalue weighted by molar-refractivity contribution is -0.145. The van der Waals surface area contributed by atoms with Crippen molar-refractivity contribution in [1.82, 2.24) is 5.32 Å². The van der Waals surface area contributed by atoms with Crippen LogP contribution in [0.4, 0.5) is 10.1 Å². The Morgan fingerprint density at radius 2 is 1.50 bits per heavy atom. The Kier molecular flexibility index (Phi) is 6.74. The highest BCUT2D eigenvalue weighted by Crippen LogP contribution is 2.32. The van der Waals surface area contributed by atoms with Gasteiger partial charge < -0.3 is 10.1 Å². The third-order valence-electron chi connectivity index (χ3n) is 6.41. The molecule has 4 nitrogen and oxygen atoms in total. The fourth-order valence-electron chi connectivity index (χ4n) is 4.48. The summed E-state index contributed by atoms with van der Waals surface area (Å²) in [6.07, 6.45) is -0.153. The van der Waals surface area contributed by atoms with Gasteiger partial charge in [0, 0.05) is 23.1 Å². The minimum absolute atomic E-state index is 0.157. The first kappa shape index (κ1) is 23.6. The van der Waals surface area contributed by atoms with Gasteiger partial charge >= 0.3 is 0 Å². The van der Waals surface area contributed by atoms with Crippen molar-refractivity contribution in [3.8, 4) is 0 Å². The lowest BCUT2D eigenvalue weighted by Crippen LogP contribution is -2.57. The van der Waals surface area contributed by atoms with Gasteiger partial charge in [-0.2, -0.15) is 0 Å². The molecule has 36 heavy (non-hydrogen) atoms. The normalized spacial score (nSPS) is 19.4. The van der Waals surface area contributed by atoms with Crippen molar-refractivity contribution in [2.24, 2.45) is 4.99 Å². The van der Waals surface area contributed by atoms with E-state index in [9.17, 15) is 4.79 Å². The fraction of sp³-hybridized carbons (Fsp3) is 0.161. The number of carbonyl (C=O) groups is 1. The number of halogens is 1. The van der Waals surface area contributed by atoms with E-state index in [-0.39, 0.29) is 12.5 Å². The summed E-state index contributed by atoms with van der Waals surface area (Å²) in [6, 6.07) is 34.2. The van der Waals surface area contributed by atoms with Crippen LogP contribution in [0.5, 0.6) is 0 Å². The standard InChI is InChI=1S/C31H27FN2O2/c1-31(21-36-28(30(35)34-31)19-22-11-5-2-6-12-22)26-20-25(17-18-27(26)32)33-29(23-13-7-3-8-14-23)24-15-9-4-10-16-24/h2-18,20,28H,19,21H2,1H3,(H,34,35)/t28-,31+/m0/s1. The van der Waals surface area contributed by atoms with E-state index in [1.165, 1.54) is 6.07 Å². The molecule has 1 heterocycles. The topological polar surface area (TPSA) is 50.7 Å². The van der Waals surface area contributed by atoms with Gasteiger partial charge in [0.05, 0.1) is 23.5 Å². The molecule has 2 atom stereocenters. The number of benzene rings is 4. The van der Waals surface area contributed by atoms with Gasteiger partial charge in [0.15, 0.2) is 0 Å². The van der Waals surface area contributed by atoms with Crippen LogP contribution < -0.4 is 5.32 Å². The van der Waals surface area contributed by atoms with E-state index in [1.807, 2.05) is 91.0 Å². The first-order valence-corrected chi connectivity index (χ1v) is 12.0. The number of amides is 1. The highest BCUT2D eigenvalue weighted by Gasteiger charge is 2.40. The van der Waals surface area contributed by atoms with Crippen molar-refractivity contribution in [3.05, 3.63) is 137 Å². The number of rotatable bonds is 6. The van der Waals surface area contributed by atoms with E-state index >= 15 is 4.39 Å². The molecule has 1 aliphatic rings. The third-order valence-corrected chi connectivity index (χ3v) is 6.41. The van der Waals surface area contributed by atoms with Crippen molar-refractivity contribution in [2.45, 2.75) is 25.0 Å². The van der Waals surface area contributed by atoms with Crippen molar-refractivity contribution in [3.63, 3.8) is 0 Å². The van der Waals surface area contributed by atoms with Crippen LogP contribution in [0, 0.1) is 5.82 Å². The zero-order valence-electron chi connectivity index (χ0n) is 20.0. The molecule has 5 rings (SSSR count). The molecule has 4 aromatic carbocycles. The lowest BCUT2D eigenvalue weighted by atomic mass is 9.89. The van der Waals surface area contributed by atoms with Crippen molar-refractivity contribution in [1.29, 1.82) is 0 Å². The summed E-state index contributed by atoms with van der Waals surface area (Å²) in [4.78, 5) is 17.9. The highest BCUT2D eigenvalue weighted by atomic mass is 19.1. The minimum Gasteiger partial charge on any atom is -0.365 e. The summed E-state index contributed by atoms with van der Waals surface area (Å²) in [5, 5.41) is 3.01. The summed E-state index contributed by atoms with van der Waals surface area (Å²) >= 11 is 0. The van der Waals surface area contributed by atoms with Crippen LogP contribution >= 0.6 is 0 Å². The molecule has 0 spiro atoms. The van der Waals surface area contributed by atoms with Gasteiger partial charge in [-0.1, -0.05) is 91.0 Å². The molecule has 180 valence electrons. The maximum Gasteiger partial charge on any atom is 0.250 e. The number of ether oxygens (including phenoxy) is 1. The van der Waals surface area contributed by atoms with Crippen LogP contribution in [0.15, 0.2) is 114 Å². The number of hydrogen-bond acceptors (Lipinski definition) is 3. The van der Waals surface area contributed by atoms with E-state index in [4.69, 9.17) is 9.73 Å². The Labute approximate surface area is 210 Å². The molecule has 4 aromatic rings. The summed E-state index contributed by atoms with van der Waals surface area (Å²) < 4.78 is 21.1. The molecule has 1 fully saturated rings. The van der Waals surface area contributed by atoms with Gasteiger partial charge in [-0.15, -0.1) is 0 Å². The molecule has 1 aliphatic heterocycles. The summed E-state index contributed by atoms with van der Waals surface area (Å²) in [5.41, 5.74) is 3.63. The number of morpholine rings is 1. The smallest absolute Gasteiger partial charge is 0.250 e. The highest BCUT2D eigenvalue weighted by molar-refractivity contribution is 6.13. The van der Waals surface area contributed by atoms with Gasteiger partial charge in [-0.25, -0.2) is 9.38 Å². The second kappa shape index (κ2) is 10.3. The zero-order chi connectivity index (χ0) is 25.0. The second-order valence-electron chi connectivity index (χ2n) is 9.17. The minimum atomic E-state index is -1.01. The van der Waals surface area contributed by atoms with Crippen LogP contribution in [-0.4, -0.2) is 24.3 Å². The number of hydrogen-bond donors (Lipinski definition) is 1. The quantitative estimate of drug-likeness (QED) is 0.347. The Bertz CT molecular complexity index is 1330. The van der Waals surface area contributed by atoms with Crippen molar-refractivity contribution >= 4 is 17.3 Å². The van der Waals surface area contributed by atoms with Gasteiger partial charge in [-0.05, 0) is 30.7 Å². The first-order chi connectivity index (χ1) is 17.5. The van der Waals surface area contributed by atoms with E-state index in [0.29, 0.717) is 17.7 Å². The van der Waals surface area contributed by atoms with E-state index in [0.717, 1.165) is 22.4 Å². The van der Waals surface area contributed by atoms with Crippen LogP contribution in [0.3, 0.4) is 0 Å². The maximum absolute atomic E-state index is 15.1. The molecule has 1 N–H and O–H groups in total. The first-order valence-electron chi connectivity index (χ1n) is 12.0. The average molecular weight is 479 g/mol. The van der Waals surface area contributed by atoms with Gasteiger partial charge in [-0.3, -0.25) is 4.79 Å². The van der Waals surface area contributed by atoms with Crippen molar-refractivity contribution in [2.75, 3.05) is 6.61 Å². The summed E-state index contributed by atoms with van der Waals surface area (Å²) in [6.45, 7) is 1.94. The Hall–Kier alpha value is -4.09. The van der Waals surface area contributed by atoms with E-state index in [2.05, 4.69) is 5.32 Å². The molecule has 0 radical (unpaired) electrons. The largest absolute Gasteiger partial charge is 0.365 e. The molecule has 1 saturated heterocycles. The molecular formula is C31H27FN2O2. The van der Waals surface area contributed by atoms with Crippen LogP contribution in [-0.2, 0) is 21.5 Å². The number of nitrogens with zero attached hydrogens (tertiary/aromatic N) is 1. The number of carbonyl (C=O) groups excluding carboxylic acids is 1. The molecular weight excluding hydrogens is 451 g/mol. The van der Waals surface area contributed by atoms with Crippen LogP contribution in [0.25, 0.3) is 0 Å². The molecule has 0 bridgehead atoms. The van der Waals surface area contributed by atoms with E-state index < -0.39 is 17.5 Å². The zero-order valence-corrected chi connectivity index (χ0v) is 20.0. The Morgan fingerprint density at radius 1 is 0.917 bits per heavy atom. The maximum atomic E-state index is 15.1. The SMILES string of the molecule is C[C@]1(c2cc(N=C(c3ccccc3)c3ccccc3)ccc2F)CO[C@@H](Cc2ccccc2)C(=O)N1. The second-order valence-corrected chi connectivity index (χ2v) is 9.17.